The van der Waals surface area contributed by atoms with E-state index in [4.69, 9.17) is 0 Å². The van der Waals surface area contributed by atoms with Gasteiger partial charge in [0.25, 0.3) is 5.91 Å². The van der Waals surface area contributed by atoms with Crippen molar-refractivity contribution in [3.05, 3.63) is 65.5 Å². The highest BCUT2D eigenvalue weighted by Crippen LogP contribution is 2.14. The number of rotatable bonds is 5. The number of halogens is 1. The first-order valence-corrected chi connectivity index (χ1v) is 6.97. The molecule has 0 saturated heterocycles. The lowest BCUT2D eigenvalue weighted by Crippen LogP contribution is -2.35. The highest BCUT2D eigenvalue weighted by Gasteiger charge is 2.12. The summed E-state index contributed by atoms with van der Waals surface area (Å²) in [6, 6.07) is 13.2. The molecule has 2 aromatic carbocycles. The van der Waals surface area contributed by atoms with Gasteiger partial charge in [-0.25, -0.2) is 9.82 Å². The molecule has 5 heteroatoms. The molecule has 0 radical (unpaired) electrons. The van der Waals surface area contributed by atoms with Gasteiger partial charge in [0.15, 0.2) is 0 Å². The Bertz CT molecular complexity index is 668. The molecule has 114 valence electrons. The number of hydrogen-bond acceptors (Lipinski definition) is 3. The minimum Gasteiger partial charge on any atom is -0.374 e. The van der Waals surface area contributed by atoms with Gasteiger partial charge in [0.2, 0.25) is 0 Å². The van der Waals surface area contributed by atoms with Crippen LogP contribution in [-0.4, -0.2) is 18.2 Å². The van der Waals surface area contributed by atoms with Gasteiger partial charge in [0.05, 0.1) is 6.21 Å². The minimum absolute atomic E-state index is 0.249. The van der Waals surface area contributed by atoms with Gasteiger partial charge in [-0.2, -0.15) is 5.10 Å². The Morgan fingerprint density at radius 3 is 2.55 bits per heavy atom. The number of aryl methyl sites for hydroxylation is 1. The van der Waals surface area contributed by atoms with Crippen LogP contribution in [0.15, 0.2) is 53.6 Å². The fraction of sp³-hybridized carbons (Fsp3) is 0.176. The Balaban J connectivity index is 1.89. The van der Waals surface area contributed by atoms with Gasteiger partial charge in [-0.1, -0.05) is 30.3 Å². The Kier molecular flexibility index (Phi) is 5.25. The lowest BCUT2D eigenvalue weighted by atomic mass is 10.2. The van der Waals surface area contributed by atoms with Crippen molar-refractivity contribution >= 4 is 17.8 Å². The van der Waals surface area contributed by atoms with Crippen LogP contribution in [0.2, 0.25) is 0 Å². The van der Waals surface area contributed by atoms with Crippen LogP contribution in [0.5, 0.6) is 0 Å². The summed E-state index contributed by atoms with van der Waals surface area (Å²) in [6.07, 6.45) is 1.47. The number of nitrogens with one attached hydrogen (secondary N) is 2. The molecule has 4 nitrogen and oxygen atoms in total. The molecule has 1 atom stereocenters. The van der Waals surface area contributed by atoms with E-state index in [9.17, 15) is 9.18 Å². The summed E-state index contributed by atoms with van der Waals surface area (Å²) >= 11 is 0. The second-order valence-corrected chi connectivity index (χ2v) is 4.97. The van der Waals surface area contributed by atoms with E-state index in [1.807, 2.05) is 31.2 Å². The predicted octanol–water partition coefficient (Wildman–Crippen LogP) is 3.08. The minimum atomic E-state index is -0.425. The molecule has 0 aromatic heterocycles. The molecule has 0 aliphatic heterocycles. The van der Waals surface area contributed by atoms with Gasteiger partial charge in [-0.15, -0.1) is 0 Å². The first-order chi connectivity index (χ1) is 10.6. The summed E-state index contributed by atoms with van der Waals surface area (Å²) in [5.41, 5.74) is 5.15. The summed E-state index contributed by atoms with van der Waals surface area (Å²) < 4.78 is 12.8. The SMILES string of the molecule is Cc1ccccc1N[C@H](C)C(=O)N/N=C\c1ccc(F)cc1. The van der Waals surface area contributed by atoms with Gasteiger partial charge in [-0.3, -0.25) is 4.79 Å². The molecule has 22 heavy (non-hydrogen) atoms. The fourth-order valence-corrected chi connectivity index (χ4v) is 1.85. The van der Waals surface area contributed by atoms with Crippen molar-refractivity contribution in [1.82, 2.24) is 5.43 Å². The Hall–Kier alpha value is -2.69. The van der Waals surface area contributed by atoms with Gasteiger partial charge < -0.3 is 5.32 Å². The number of para-hydroxylation sites is 1. The second-order valence-electron chi connectivity index (χ2n) is 4.97. The van der Waals surface area contributed by atoms with Crippen LogP contribution in [-0.2, 0) is 4.79 Å². The molecule has 1 amide bonds. The Morgan fingerprint density at radius 1 is 1.18 bits per heavy atom. The van der Waals surface area contributed by atoms with Crippen LogP contribution in [0.4, 0.5) is 10.1 Å². The Labute approximate surface area is 129 Å². The molecule has 0 aliphatic rings. The summed E-state index contributed by atoms with van der Waals surface area (Å²) in [4.78, 5) is 12.0. The maximum absolute atomic E-state index is 12.8. The number of nitrogens with zero attached hydrogens (tertiary/aromatic N) is 1. The van der Waals surface area contributed by atoms with Crippen LogP contribution >= 0.6 is 0 Å². The standard InChI is InChI=1S/C17H18FN3O/c1-12-5-3-4-6-16(12)20-13(2)17(22)21-19-11-14-7-9-15(18)10-8-14/h3-11,13,20H,1-2H3,(H,21,22)/b19-11-/t13-/m1/s1. The van der Waals surface area contributed by atoms with Crippen molar-refractivity contribution in [2.75, 3.05) is 5.32 Å². The van der Waals surface area contributed by atoms with Crippen molar-refractivity contribution in [1.29, 1.82) is 0 Å². The Morgan fingerprint density at radius 2 is 1.86 bits per heavy atom. The summed E-state index contributed by atoms with van der Waals surface area (Å²) in [5, 5.41) is 7.00. The highest BCUT2D eigenvalue weighted by atomic mass is 19.1. The van der Waals surface area contributed by atoms with Gasteiger partial charge in [0, 0.05) is 5.69 Å². The van der Waals surface area contributed by atoms with Crippen molar-refractivity contribution in [2.45, 2.75) is 19.9 Å². The maximum atomic E-state index is 12.8. The molecular weight excluding hydrogens is 281 g/mol. The quantitative estimate of drug-likeness (QED) is 0.658. The molecule has 2 aromatic rings. The van der Waals surface area contributed by atoms with Crippen LogP contribution in [0.25, 0.3) is 0 Å². The maximum Gasteiger partial charge on any atom is 0.262 e. The first kappa shape index (κ1) is 15.7. The fourth-order valence-electron chi connectivity index (χ4n) is 1.85. The molecule has 0 unspecified atom stereocenters. The lowest BCUT2D eigenvalue weighted by Gasteiger charge is -2.15. The third kappa shape index (κ3) is 4.41. The van der Waals surface area contributed by atoms with E-state index in [1.54, 1.807) is 19.1 Å². The third-order valence-electron chi connectivity index (χ3n) is 3.17. The van der Waals surface area contributed by atoms with Crippen LogP contribution in [0, 0.1) is 12.7 Å². The van der Waals surface area contributed by atoms with Crippen molar-refractivity contribution in [2.24, 2.45) is 5.10 Å². The average Bonchev–Trinajstić information content (AvgIpc) is 2.51. The number of amides is 1. The molecular formula is C17H18FN3O. The van der Waals surface area contributed by atoms with Gasteiger partial charge in [-0.05, 0) is 43.2 Å². The number of carbonyl (C=O) groups is 1. The zero-order valence-electron chi connectivity index (χ0n) is 12.5. The van der Waals surface area contributed by atoms with E-state index in [-0.39, 0.29) is 11.7 Å². The van der Waals surface area contributed by atoms with Crippen LogP contribution < -0.4 is 10.7 Å². The van der Waals surface area contributed by atoms with Crippen molar-refractivity contribution in [3.8, 4) is 0 Å². The van der Waals surface area contributed by atoms with Crippen LogP contribution in [0.1, 0.15) is 18.1 Å². The number of benzene rings is 2. The molecule has 0 fully saturated rings. The van der Waals surface area contributed by atoms with E-state index in [2.05, 4.69) is 15.8 Å². The van der Waals surface area contributed by atoms with E-state index in [1.165, 1.54) is 18.3 Å². The average molecular weight is 299 g/mol. The number of hydrogen-bond donors (Lipinski definition) is 2. The third-order valence-corrected chi connectivity index (χ3v) is 3.17. The smallest absolute Gasteiger partial charge is 0.262 e. The summed E-state index contributed by atoms with van der Waals surface area (Å²) in [7, 11) is 0. The van der Waals surface area contributed by atoms with E-state index < -0.39 is 6.04 Å². The molecule has 0 aliphatic carbocycles. The number of carbonyl (C=O) groups excluding carboxylic acids is 1. The van der Waals surface area contributed by atoms with Gasteiger partial charge >= 0.3 is 0 Å². The number of anilines is 1. The zero-order valence-corrected chi connectivity index (χ0v) is 12.5. The topological polar surface area (TPSA) is 53.5 Å². The van der Waals surface area contributed by atoms with Crippen molar-refractivity contribution < 1.29 is 9.18 Å². The highest BCUT2D eigenvalue weighted by molar-refractivity contribution is 5.86. The van der Waals surface area contributed by atoms with Crippen LogP contribution in [0.3, 0.4) is 0 Å². The number of hydrazone groups is 1. The molecule has 2 rings (SSSR count). The molecule has 0 heterocycles. The van der Waals surface area contributed by atoms with E-state index in [0.29, 0.717) is 5.56 Å². The molecule has 0 spiro atoms. The summed E-state index contributed by atoms with van der Waals surface area (Å²) in [6.45, 7) is 3.73. The van der Waals surface area contributed by atoms with E-state index in [0.717, 1.165) is 11.3 Å². The largest absolute Gasteiger partial charge is 0.374 e. The lowest BCUT2D eigenvalue weighted by molar-refractivity contribution is -0.121. The normalized spacial score (nSPS) is 12.1. The monoisotopic (exact) mass is 299 g/mol. The first-order valence-electron chi connectivity index (χ1n) is 6.97. The molecule has 0 saturated carbocycles. The summed E-state index contributed by atoms with van der Waals surface area (Å²) in [5.74, 6) is -0.557. The van der Waals surface area contributed by atoms with Crippen molar-refractivity contribution in [3.63, 3.8) is 0 Å². The zero-order chi connectivity index (χ0) is 15.9. The molecule has 2 N–H and O–H groups in total. The predicted molar refractivity (Wildman–Crippen MR) is 86.4 cm³/mol. The van der Waals surface area contributed by atoms with E-state index >= 15 is 0 Å². The van der Waals surface area contributed by atoms with Gasteiger partial charge in [0.1, 0.15) is 11.9 Å². The molecule has 0 bridgehead atoms. The second kappa shape index (κ2) is 7.36.